The van der Waals surface area contributed by atoms with Gasteiger partial charge < -0.3 is 0 Å². The summed E-state index contributed by atoms with van der Waals surface area (Å²) in [5.74, 6) is 0. The molecular formula is C11H11F3N2. The molecule has 1 N–H and O–H groups in total. The topological polar surface area (TPSA) is 35.8 Å². The Bertz CT molecular complexity index is 376. The third-order valence-electron chi connectivity index (χ3n) is 2.05. The fraction of sp³-hybridized carbons (Fsp3) is 0.364. The lowest BCUT2D eigenvalue weighted by Gasteiger charge is -2.13. The molecule has 1 aromatic carbocycles. The number of alkyl halides is 3. The predicted octanol–water partition coefficient (Wildman–Crippen LogP) is 2.71. The number of benzene rings is 1. The normalized spacial score (nSPS) is 13.2. The van der Waals surface area contributed by atoms with Crippen LogP contribution >= 0.6 is 0 Å². The van der Waals surface area contributed by atoms with Gasteiger partial charge >= 0.3 is 6.18 Å². The molecule has 0 aliphatic heterocycles. The van der Waals surface area contributed by atoms with Crippen molar-refractivity contribution in [2.45, 2.75) is 19.1 Å². The van der Waals surface area contributed by atoms with Gasteiger partial charge in [0.05, 0.1) is 12.6 Å². The number of rotatable bonds is 3. The SMILES string of the molecule is Cc1ccc(C(C#N)NCC(F)(F)F)cc1. The Morgan fingerprint density at radius 1 is 1.31 bits per heavy atom. The molecule has 1 rings (SSSR count). The summed E-state index contributed by atoms with van der Waals surface area (Å²) < 4.78 is 35.9. The van der Waals surface area contributed by atoms with Crippen LogP contribution in [0, 0.1) is 18.3 Å². The summed E-state index contributed by atoms with van der Waals surface area (Å²) in [5, 5.41) is 10.9. The van der Waals surface area contributed by atoms with Crippen molar-refractivity contribution in [3.63, 3.8) is 0 Å². The first-order chi connectivity index (χ1) is 7.42. The van der Waals surface area contributed by atoms with E-state index in [1.54, 1.807) is 30.3 Å². The molecule has 1 aromatic rings. The lowest BCUT2D eigenvalue weighted by atomic mass is 10.1. The van der Waals surface area contributed by atoms with Gasteiger partial charge in [-0.25, -0.2) is 0 Å². The van der Waals surface area contributed by atoms with E-state index in [9.17, 15) is 13.2 Å². The first-order valence-electron chi connectivity index (χ1n) is 4.69. The van der Waals surface area contributed by atoms with E-state index in [4.69, 9.17) is 5.26 Å². The molecule has 16 heavy (non-hydrogen) atoms. The second kappa shape index (κ2) is 4.99. The molecule has 2 nitrogen and oxygen atoms in total. The fourth-order valence-corrected chi connectivity index (χ4v) is 1.21. The first kappa shape index (κ1) is 12.5. The Hall–Kier alpha value is -1.54. The minimum absolute atomic E-state index is 0.539. The molecule has 0 bridgehead atoms. The first-order valence-corrected chi connectivity index (χ1v) is 4.69. The van der Waals surface area contributed by atoms with Gasteiger partial charge in [-0.3, -0.25) is 5.32 Å². The van der Waals surface area contributed by atoms with E-state index in [0.717, 1.165) is 5.56 Å². The van der Waals surface area contributed by atoms with Crippen LogP contribution in [0.4, 0.5) is 13.2 Å². The highest BCUT2D eigenvalue weighted by Crippen LogP contribution is 2.17. The monoisotopic (exact) mass is 228 g/mol. The smallest absolute Gasteiger partial charge is 0.290 e. The summed E-state index contributed by atoms with van der Waals surface area (Å²) in [6, 6.07) is 7.68. The van der Waals surface area contributed by atoms with Crippen molar-refractivity contribution in [3.05, 3.63) is 35.4 Å². The van der Waals surface area contributed by atoms with Gasteiger partial charge in [0, 0.05) is 0 Å². The van der Waals surface area contributed by atoms with Crippen molar-refractivity contribution in [1.29, 1.82) is 5.26 Å². The van der Waals surface area contributed by atoms with Crippen molar-refractivity contribution < 1.29 is 13.2 Å². The largest absolute Gasteiger partial charge is 0.401 e. The maximum atomic E-state index is 12.0. The molecular weight excluding hydrogens is 217 g/mol. The van der Waals surface area contributed by atoms with E-state index in [1.807, 2.05) is 6.92 Å². The van der Waals surface area contributed by atoms with Gasteiger partial charge in [0.1, 0.15) is 6.04 Å². The van der Waals surface area contributed by atoms with Crippen molar-refractivity contribution in [3.8, 4) is 6.07 Å². The number of nitriles is 1. The summed E-state index contributed by atoms with van der Waals surface area (Å²) in [6.45, 7) is 0.702. The van der Waals surface area contributed by atoms with Crippen molar-refractivity contribution >= 4 is 0 Å². The highest BCUT2D eigenvalue weighted by atomic mass is 19.4. The molecule has 0 spiro atoms. The maximum Gasteiger partial charge on any atom is 0.401 e. The van der Waals surface area contributed by atoms with E-state index < -0.39 is 18.8 Å². The van der Waals surface area contributed by atoms with Crippen LogP contribution in [-0.2, 0) is 0 Å². The van der Waals surface area contributed by atoms with Crippen molar-refractivity contribution in [2.75, 3.05) is 6.54 Å². The Morgan fingerprint density at radius 3 is 2.31 bits per heavy atom. The molecule has 0 radical (unpaired) electrons. The molecule has 0 aromatic heterocycles. The molecule has 86 valence electrons. The van der Waals surface area contributed by atoms with Crippen LogP contribution in [-0.4, -0.2) is 12.7 Å². The standard InChI is InChI=1S/C11H11F3N2/c1-8-2-4-9(5-3-8)10(6-15)16-7-11(12,13)14/h2-5,10,16H,7H2,1H3. The van der Waals surface area contributed by atoms with E-state index >= 15 is 0 Å². The molecule has 0 amide bonds. The van der Waals surface area contributed by atoms with Gasteiger partial charge in [-0.15, -0.1) is 0 Å². The zero-order valence-electron chi connectivity index (χ0n) is 8.67. The molecule has 1 atom stereocenters. The van der Waals surface area contributed by atoms with Gasteiger partial charge in [0.15, 0.2) is 0 Å². The lowest BCUT2D eigenvalue weighted by molar-refractivity contribution is -0.125. The Morgan fingerprint density at radius 2 is 1.88 bits per heavy atom. The summed E-state index contributed by atoms with van der Waals surface area (Å²) in [6.07, 6.45) is -4.31. The van der Waals surface area contributed by atoms with Crippen LogP contribution in [0.2, 0.25) is 0 Å². The number of hydrogen-bond acceptors (Lipinski definition) is 2. The van der Waals surface area contributed by atoms with Gasteiger partial charge in [-0.2, -0.15) is 18.4 Å². The minimum atomic E-state index is -4.31. The molecule has 0 aliphatic rings. The van der Waals surface area contributed by atoms with Crippen LogP contribution in [0.25, 0.3) is 0 Å². The summed E-state index contributed by atoms with van der Waals surface area (Å²) >= 11 is 0. The van der Waals surface area contributed by atoms with Gasteiger partial charge in [-0.05, 0) is 12.5 Å². The summed E-state index contributed by atoms with van der Waals surface area (Å²) in [4.78, 5) is 0. The number of nitrogens with zero attached hydrogens (tertiary/aromatic N) is 1. The van der Waals surface area contributed by atoms with Crippen LogP contribution in [0.3, 0.4) is 0 Å². The molecule has 0 saturated carbocycles. The maximum absolute atomic E-state index is 12.0. The minimum Gasteiger partial charge on any atom is -0.290 e. The Balaban J connectivity index is 2.69. The molecule has 1 unspecified atom stereocenters. The third-order valence-corrected chi connectivity index (χ3v) is 2.05. The quantitative estimate of drug-likeness (QED) is 0.863. The lowest BCUT2D eigenvalue weighted by Crippen LogP contribution is -2.31. The number of nitrogens with one attached hydrogen (secondary N) is 1. The van der Waals surface area contributed by atoms with E-state index in [0.29, 0.717) is 5.56 Å². The van der Waals surface area contributed by atoms with E-state index in [2.05, 4.69) is 5.32 Å². The fourth-order valence-electron chi connectivity index (χ4n) is 1.21. The number of halogens is 3. The van der Waals surface area contributed by atoms with E-state index in [-0.39, 0.29) is 0 Å². The molecule has 0 aliphatic carbocycles. The molecule has 5 heteroatoms. The Kier molecular flexibility index (Phi) is 3.91. The number of hydrogen-bond donors (Lipinski definition) is 1. The number of aryl methyl sites for hydroxylation is 1. The second-order valence-corrected chi connectivity index (χ2v) is 3.47. The van der Waals surface area contributed by atoms with Gasteiger partial charge in [0.2, 0.25) is 0 Å². The zero-order valence-corrected chi connectivity index (χ0v) is 8.67. The van der Waals surface area contributed by atoms with Crippen LogP contribution in [0.5, 0.6) is 0 Å². The zero-order chi connectivity index (χ0) is 12.2. The van der Waals surface area contributed by atoms with Crippen LogP contribution in [0.15, 0.2) is 24.3 Å². The second-order valence-electron chi connectivity index (χ2n) is 3.47. The van der Waals surface area contributed by atoms with Gasteiger partial charge in [-0.1, -0.05) is 29.8 Å². The average molecular weight is 228 g/mol. The summed E-state index contributed by atoms with van der Waals surface area (Å²) in [5.41, 5.74) is 1.54. The molecule has 0 heterocycles. The predicted molar refractivity (Wildman–Crippen MR) is 53.6 cm³/mol. The molecule has 0 fully saturated rings. The van der Waals surface area contributed by atoms with Crippen molar-refractivity contribution in [1.82, 2.24) is 5.32 Å². The Labute approximate surface area is 91.7 Å². The van der Waals surface area contributed by atoms with Crippen molar-refractivity contribution in [2.24, 2.45) is 0 Å². The van der Waals surface area contributed by atoms with Crippen LogP contribution in [0.1, 0.15) is 17.2 Å². The highest BCUT2D eigenvalue weighted by Gasteiger charge is 2.28. The highest BCUT2D eigenvalue weighted by molar-refractivity contribution is 5.27. The van der Waals surface area contributed by atoms with Crippen LogP contribution < -0.4 is 5.32 Å². The molecule has 0 saturated heterocycles. The average Bonchev–Trinajstić information content (AvgIpc) is 2.20. The third kappa shape index (κ3) is 3.91. The van der Waals surface area contributed by atoms with E-state index in [1.165, 1.54) is 0 Å². The van der Waals surface area contributed by atoms with Gasteiger partial charge in [0.25, 0.3) is 0 Å². The summed E-state index contributed by atoms with van der Waals surface area (Å²) in [7, 11) is 0.